The van der Waals surface area contributed by atoms with E-state index in [2.05, 4.69) is 20.4 Å². The van der Waals surface area contributed by atoms with E-state index in [9.17, 15) is 19.2 Å². The molecule has 1 aromatic carbocycles. The van der Waals surface area contributed by atoms with Crippen molar-refractivity contribution in [1.29, 1.82) is 0 Å². The van der Waals surface area contributed by atoms with Crippen LogP contribution in [0.2, 0.25) is 0 Å². The third-order valence-corrected chi connectivity index (χ3v) is 6.39. The molecule has 274 valence electrons. The molecule has 0 aliphatic heterocycles. The summed E-state index contributed by atoms with van der Waals surface area (Å²) < 4.78 is 14.6. The van der Waals surface area contributed by atoms with Crippen LogP contribution in [-0.4, -0.2) is 66.2 Å². The molecular weight excluding hydrogens is 634 g/mol. The Hall–Kier alpha value is -3.71. The molecule has 1 aromatic heterocycles. The number of hydrogen-bond donors (Lipinski definition) is 4. The Morgan fingerprint density at radius 3 is 1.96 bits per heavy atom. The van der Waals surface area contributed by atoms with Crippen LogP contribution in [0.1, 0.15) is 108 Å². The molecule has 0 saturated carbocycles. The van der Waals surface area contributed by atoms with Gasteiger partial charge in [0.15, 0.2) is 5.13 Å². The fourth-order valence-electron chi connectivity index (χ4n) is 3.05. The molecule has 0 aliphatic carbocycles. The van der Waals surface area contributed by atoms with Gasteiger partial charge in [-0.15, -0.1) is 11.3 Å². The molecule has 0 aliphatic rings. The van der Waals surface area contributed by atoms with Gasteiger partial charge in [0.25, 0.3) is 6.47 Å². The van der Waals surface area contributed by atoms with Crippen LogP contribution in [0.3, 0.4) is 0 Å². The van der Waals surface area contributed by atoms with E-state index in [1.807, 2.05) is 92.0 Å². The van der Waals surface area contributed by atoms with Crippen LogP contribution in [0.5, 0.6) is 0 Å². The molecule has 2 aromatic rings. The lowest BCUT2D eigenvalue weighted by Gasteiger charge is -2.20. The van der Waals surface area contributed by atoms with Crippen molar-refractivity contribution in [1.82, 2.24) is 10.3 Å². The number of methoxy groups -OCH3 is 1. The maximum Gasteiger partial charge on any atom is 0.312 e. The summed E-state index contributed by atoms with van der Waals surface area (Å²) in [6.07, 6.45) is 5.55. The van der Waals surface area contributed by atoms with Gasteiger partial charge in [0, 0.05) is 49.2 Å². The Kier molecular flexibility index (Phi) is 23.6. The molecule has 2 rings (SSSR count). The zero-order valence-electron chi connectivity index (χ0n) is 30.9. The zero-order chi connectivity index (χ0) is 37.4. The van der Waals surface area contributed by atoms with Gasteiger partial charge in [-0.25, -0.2) is 9.78 Å². The first-order valence-corrected chi connectivity index (χ1v) is 16.9. The quantitative estimate of drug-likeness (QED) is 0.0728. The first-order valence-electron chi connectivity index (χ1n) is 16.1. The number of esters is 1. The molecule has 0 radical (unpaired) electrons. The molecule has 1 unspecified atom stereocenters. The Balaban J connectivity index is 0. The van der Waals surface area contributed by atoms with E-state index in [1.54, 1.807) is 25.4 Å². The van der Waals surface area contributed by atoms with Crippen LogP contribution < -0.4 is 22.1 Å². The number of carbonyl (C=O) groups is 4. The van der Waals surface area contributed by atoms with Crippen molar-refractivity contribution in [3.05, 3.63) is 29.6 Å². The number of amides is 2. The number of primary amides is 1. The highest BCUT2D eigenvalue weighted by Gasteiger charge is 2.17. The van der Waals surface area contributed by atoms with E-state index in [1.165, 1.54) is 0 Å². The highest BCUT2D eigenvalue weighted by molar-refractivity contribution is 7.14. The molecule has 0 bridgehead atoms. The average Bonchev–Trinajstić information content (AvgIpc) is 3.42. The summed E-state index contributed by atoms with van der Waals surface area (Å²) in [5.41, 5.74) is 12.7. The second kappa shape index (κ2) is 24.4. The molecule has 6 N–H and O–H groups in total. The fourth-order valence-corrected chi connectivity index (χ4v) is 3.80. The summed E-state index contributed by atoms with van der Waals surface area (Å²) >= 11 is 1.61. The van der Waals surface area contributed by atoms with Crippen LogP contribution >= 0.6 is 11.3 Å². The molecule has 1 heterocycles. The van der Waals surface area contributed by atoms with E-state index < -0.39 is 11.6 Å². The van der Waals surface area contributed by atoms with Gasteiger partial charge in [0.05, 0.1) is 11.3 Å². The second-order valence-corrected chi connectivity index (χ2v) is 14.6. The molecule has 48 heavy (non-hydrogen) atoms. The number of unbranched alkanes of at least 4 members (excludes halogenated alkanes) is 3. The van der Waals surface area contributed by atoms with Crippen LogP contribution in [0.4, 0.5) is 15.6 Å². The van der Waals surface area contributed by atoms with Gasteiger partial charge in [0.2, 0.25) is 0 Å². The van der Waals surface area contributed by atoms with Crippen LogP contribution in [-0.2, 0) is 28.6 Å². The van der Waals surface area contributed by atoms with Crippen molar-refractivity contribution >= 4 is 46.9 Å². The topological polar surface area (TPSA) is 185 Å². The average molecular weight is 696 g/mol. The normalized spacial score (nSPS) is 11.5. The fraction of sp³-hybridized carbons (Fsp3) is 0.629. The van der Waals surface area contributed by atoms with Crippen molar-refractivity contribution in [3.8, 4) is 11.3 Å². The Labute approximate surface area is 292 Å². The number of urea groups is 1. The molecule has 0 saturated heterocycles. The van der Waals surface area contributed by atoms with Gasteiger partial charge < -0.3 is 41.1 Å². The number of nitrogens with one attached hydrogen (secondary N) is 2. The van der Waals surface area contributed by atoms with Gasteiger partial charge in [0.1, 0.15) is 17.5 Å². The van der Waals surface area contributed by atoms with E-state index in [0.717, 1.165) is 54.2 Å². The van der Waals surface area contributed by atoms with Gasteiger partial charge in [-0.1, -0.05) is 18.6 Å². The van der Waals surface area contributed by atoms with Crippen molar-refractivity contribution in [2.24, 2.45) is 5.73 Å². The van der Waals surface area contributed by atoms with Gasteiger partial charge in [-0.3, -0.25) is 9.59 Å². The molecule has 0 fully saturated rings. The summed E-state index contributed by atoms with van der Waals surface area (Å²) in [7, 11) is 1.71. The predicted octanol–water partition coefficient (Wildman–Crippen LogP) is 7.12. The number of aldehydes is 1. The molecular formula is C35H61N5O7S. The summed E-state index contributed by atoms with van der Waals surface area (Å²) in [6, 6.07) is 7.03. The summed E-state index contributed by atoms with van der Waals surface area (Å²) in [4.78, 5) is 46.1. The van der Waals surface area contributed by atoms with E-state index in [0.29, 0.717) is 19.3 Å². The molecule has 2 amide bonds. The van der Waals surface area contributed by atoms with Crippen molar-refractivity contribution in [2.45, 2.75) is 131 Å². The van der Waals surface area contributed by atoms with E-state index in [-0.39, 0.29) is 29.6 Å². The second-order valence-electron chi connectivity index (χ2n) is 13.8. The number of rotatable bonds is 13. The number of benzene rings is 1. The number of nitrogen functional groups attached to an aromatic ring is 1. The van der Waals surface area contributed by atoms with Crippen molar-refractivity contribution in [3.63, 3.8) is 0 Å². The lowest BCUT2D eigenvalue weighted by molar-refractivity contribution is -0.155. The number of nitrogens with zero attached hydrogens (tertiary/aromatic N) is 1. The first kappa shape index (κ1) is 46.4. The minimum Gasteiger partial charge on any atom is -0.462 e. The number of ether oxygens (including phenoxy) is 3. The maximum atomic E-state index is 11.3. The number of thiazole rings is 1. The van der Waals surface area contributed by atoms with Crippen molar-refractivity contribution in [2.75, 3.05) is 24.7 Å². The molecule has 12 nitrogen and oxygen atoms in total. The number of aromatic nitrogens is 1. The van der Waals surface area contributed by atoms with Gasteiger partial charge >= 0.3 is 12.0 Å². The minimum absolute atomic E-state index is 0.0417. The maximum absolute atomic E-state index is 11.3. The standard InChI is InChI=1S/C15H19N3OS.C10H20N2O3.C5H10O2.C5H12O/c16-13-7-5-12(6-8-13)14-11-20-15(18-14)17-9-3-1-2-4-10-19;1-7(12-9(11)14)5-6-8(13)15-10(2,3)4;1-5(2,3)7-4-6;1-5(2,3)6-4/h5-8,10-11H,1-4,9,16H2,(H,17,18);7H,5-6H2,1-4H3,(H3,11,12,14);4H,1-3H3;1-4H3. The van der Waals surface area contributed by atoms with E-state index in [4.69, 9.17) is 20.9 Å². The summed E-state index contributed by atoms with van der Waals surface area (Å²) in [5, 5.41) is 8.79. The number of anilines is 2. The number of nitrogens with two attached hydrogens (primary N) is 2. The summed E-state index contributed by atoms with van der Waals surface area (Å²) in [6.45, 7) is 20.1. The minimum atomic E-state index is -0.577. The molecule has 0 spiro atoms. The van der Waals surface area contributed by atoms with Crippen molar-refractivity contribution < 1.29 is 33.4 Å². The van der Waals surface area contributed by atoms with Gasteiger partial charge in [-0.05, 0) is 101 Å². The monoisotopic (exact) mass is 695 g/mol. The van der Waals surface area contributed by atoms with Crippen LogP contribution in [0, 0.1) is 0 Å². The Morgan fingerprint density at radius 1 is 0.938 bits per heavy atom. The highest BCUT2D eigenvalue weighted by Crippen LogP contribution is 2.25. The SMILES string of the molecule is CC(C)(C)OC=O.CC(CCC(=O)OC(C)(C)C)NC(N)=O.COC(C)(C)C.Nc1ccc(-c2csc(NCCCCCC=O)n2)cc1. The Morgan fingerprint density at radius 2 is 1.52 bits per heavy atom. The van der Waals surface area contributed by atoms with Crippen LogP contribution in [0.15, 0.2) is 29.6 Å². The Bertz CT molecular complexity index is 1170. The van der Waals surface area contributed by atoms with Gasteiger partial charge in [-0.2, -0.15) is 0 Å². The number of carbonyl (C=O) groups excluding carboxylic acids is 4. The first-order chi connectivity index (χ1) is 22.1. The summed E-state index contributed by atoms with van der Waals surface area (Å²) in [5.74, 6) is -0.263. The highest BCUT2D eigenvalue weighted by atomic mass is 32.1. The number of hydrogen-bond acceptors (Lipinski definition) is 11. The largest absolute Gasteiger partial charge is 0.462 e. The predicted molar refractivity (Wildman–Crippen MR) is 196 cm³/mol. The third-order valence-electron chi connectivity index (χ3n) is 5.59. The third kappa shape index (κ3) is 30.9. The smallest absolute Gasteiger partial charge is 0.312 e. The van der Waals surface area contributed by atoms with Crippen LogP contribution in [0.25, 0.3) is 11.3 Å². The van der Waals surface area contributed by atoms with E-state index >= 15 is 0 Å². The zero-order valence-corrected chi connectivity index (χ0v) is 31.8. The molecule has 13 heteroatoms. The lowest BCUT2D eigenvalue weighted by Crippen LogP contribution is -2.37. The molecule has 1 atom stereocenters. The lowest BCUT2D eigenvalue weighted by atomic mass is 10.1.